The van der Waals surface area contributed by atoms with Gasteiger partial charge in [0.05, 0.1) is 15.7 Å². The van der Waals surface area contributed by atoms with Gasteiger partial charge in [-0.1, -0.05) is 36.0 Å². The summed E-state index contributed by atoms with van der Waals surface area (Å²) >= 11 is 15.7. The molecule has 3 N–H and O–H groups in total. The molecular formula is C13H17BrCl2N2. The lowest BCUT2D eigenvalue weighted by molar-refractivity contribution is 0.332. The van der Waals surface area contributed by atoms with Crippen molar-refractivity contribution < 1.29 is 0 Å². The average Bonchev–Trinajstić information content (AvgIpc) is 2.40. The highest BCUT2D eigenvalue weighted by molar-refractivity contribution is 9.10. The lowest BCUT2D eigenvalue weighted by Gasteiger charge is -2.32. The fourth-order valence-electron chi connectivity index (χ4n) is 2.52. The van der Waals surface area contributed by atoms with E-state index in [1.165, 1.54) is 19.3 Å². The predicted molar refractivity (Wildman–Crippen MR) is 82.6 cm³/mol. The Morgan fingerprint density at radius 3 is 2.67 bits per heavy atom. The lowest BCUT2D eigenvalue weighted by atomic mass is 9.84. The van der Waals surface area contributed by atoms with E-state index < -0.39 is 0 Å². The Kier molecular flexibility index (Phi) is 5.19. The van der Waals surface area contributed by atoms with Crippen LogP contribution in [0, 0.1) is 5.92 Å². The lowest BCUT2D eigenvalue weighted by Crippen LogP contribution is -2.36. The molecule has 2 nitrogen and oxygen atoms in total. The second-order valence-corrected chi connectivity index (χ2v) is 6.36. The zero-order valence-electron chi connectivity index (χ0n) is 10.1. The Labute approximate surface area is 126 Å². The second-order valence-electron chi connectivity index (χ2n) is 4.75. The summed E-state index contributed by atoms with van der Waals surface area (Å²) < 4.78 is 0.818. The number of anilines is 1. The number of nitrogens with one attached hydrogen (secondary N) is 1. The molecule has 1 aromatic rings. The number of nitrogens with two attached hydrogens (primary N) is 1. The van der Waals surface area contributed by atoms with Crippen molar-refractivity contribution in [2.75, 3.05) is 11.9 Å². The summed E-state index contributed by atoms with van der Waals surface area (Å²) in [6.45, 7) is 0.722. The Morgan fingerprint density at radius 2 is 1.94 bits per heavy atom. The van der Waals surface area contributed by atoms with Crippen LogP contribution in [0.4, 0.5) is 5.69 Å². The standard InChI is InChI=1S/C13H17BrCl2N2/c14-9-5-6-11(13(16)12(9)15)18-10-4-2-1-3-8(10)7-17/h5-6,8,10,18H,1-4,7,17H2. The number of benzene rings is 1. The molecule has 2 atom stereocenters. The molecule has 0 aliphatic heterocycles. The molecule has 18 heavy (non-hydrogen) atoms. The van der Waals surface area contributed by atoms with Gasteiger partial charge in [-0.25, -0.2) is 0 Å². The van der Waals surface area contributed by atoms with E-state index in [0.717, 1.165) is 23.1 Å². The summed E-state index contributed by atoms with van der Waals surface area (Å²) in [6, 6.07) is 4.27. The van der Waals surface area contributed by atoms with Crippen LogP contribution in [-0.4, -0.2) is 12.6 Å². The van der Waals surface area contributed by atoms with Gasteiger partial charge in [0.25, 0.3) is 0 Å². The molecule has 0 radical (unpaired) electrons. The first-order valence-corrected chi connectivity index (χ1v) is 7.78. The van der Waals surface area contributed by atoms with Crippen molar-refractivity contribution in [2.45, 2.75) is 31.7 Å². The second kappa shape index (κ2) is 6.47. The molecule has 2 rings (SSSR count). The van der Waals surface area contributed by atoms with Gasteiger partial charge in [0.15, 0.2) is 0 Å². The Morgan fingerprint density at radius 1 is 1.22 bits per heavy atom. The highest BCUT2D eigenvalue weighted by atomic mass is 79.9. The third kappa shape index (κ3) is 3.13. The molecule has 1 fully saturated rings. The number of hydrogen-bond donors (Lipinski definition) is 2. The highest BCUT2D eigenvalue weighted by Crippen LogP contribution is 2.37. The topological polar surface area (TPSA) is 38.0 Å². The quantitative estimate of drug-likeness (QED) is 0.775. The Hall–Kier alpha value is 0.0400. The van der Waals surface area contributed by atoms with Crippen LogP contribution in [0.2, 0.25) is 10.0 Å². The Bertz CT molecular complexity index is 426. The van der Waals surface area contributed by atoms with Gasteiger partial charge in [0.2, 0.25) is 0 Å². The molecule has 1 aliphatic carbocycles. The smallest absolute Gasteiger partial charge is 0.0835 e. The predicted octanol–water partition coefficient (Wildman–Crippen LogP) is 4.69. The van der Waals surface area contributed by atoms with Gasteiger partial charge in [-0.15, -0.1) is 0 Å². The fourth-order valence-corrected chi connectivity index (χ4v) is 3.35. The molecule has 0 saturated heterocycles. The number of hydrogen-bond acceptors (Lipinski definition) is 2. The van der Waals surface area contributed by atoms with E-state index >= 15 is 0 Å². The summed E-state index contributed by atoms with van der Waals surface area (Å²) in [7, 11) is 0. The minimum Gasteiger partial charge on any atom is -0.381 e. The van der Waals surface area contributed by atoms with Gasteiger partial charge in [-0.2, -0.15) is 0 Å². The summed E-state index contributed by atoms with van der Waals surface area (Å²) in [5.74, 6) is 0.525. The van der Waals surface area contributed by atoms with E-state index in [-0.39, 0.29) is 0 Å². The van der Waals surface area contributed by atoms with Gasteiger partial charge >= 0.3 is 0 Å². The molecule has 0 spiro atoms. The van der Waals surface area contributed by atoms with E-state index in [4.69, 9.17) is 28.9 Å². The summed E-state index contributed by atoms with van der Waals surface area (Å²) in [6.07, 6.45) is 4.85. The van der Waals surface area contributed by atoms with Gasteiger partial charge in [0, 0.05) is 10.5 Å². The molecule has 1 saturated carbocycles. The van der Waals surface area contributed by atoms with Gasteiger partial charge in [-0.05, 0) is 53.4 Å². The van der Waals surface area contributed by atoms with Crippen LogP contribution in [0.25, 0.3) is 0 Å². The first-order valence-electron chi connectivity index (χ1n) is 6.23. The maximum atomic E-state index is 6.25. The van der Waals surface area contributed by atoms with Crippen LogP contribution in [-0.2, 0) is 0 Å². The van der Waals surface area contributed by atoms with Crippen LogP contribution in [0.15, 0.2) is 16.6 Å². The maximum absolute atomic E-state index is 6.25. The summed E-state index contributed by atoms with van der Waals surface area (Å²) in [5, 5.41) is 4.63. The SMILES string of the molecule is NCC1CCCCC1Nc1ccc(Br)c(Cl)c1Cl. The largest absolute Gasteiger partial charge is 0.381 e. The summed E-state index contributed by atoms with van der Waals surface area (Å²) in [4.78, 5) is 0. The molecule has 1 aliphatic rings. The number of rotatable bonds is 3. The molecule has 0 amide bonds. The van der Waals surface area contributed by atoms with Crippen molar-refractivity contribution in [3.8, 4) is 0 Å². The van der Waals surface area contributed by atoms with E-state index in [1.54, 1.807) is 0 Å². The van der Waals surface area contributed by atoms with E-state index in [2.05, 4.69) is 21.2 Å². The molecule has 0 heterocycles. The van der Waals surface area contributed by atoms with Crippen molar-refractivity contribution >= 4 is 44.8 Å². The van der Waals surface area contributed by atoms with Crippen molar-refractivity contribution in [2.24, 2.45) is 11.7 Å². The van der Waals surface area contributed by atoms with Crippen molar-refractivity contribution in [1.29, 1.82) is 0 Å². The molecule has 0 bridgehead atoms. The minimum absolute atomic E-state index is 0.401. The van der Waals surface area contributed by atoms with Gasteiger partial charge in [0.1, 0.15) is 0 Å². The zero-order valence-corrected chi connectivity index (χ0v) is 13.2. The van der Waals surface area contributed by atoms with Crippen LogP contribution in [0.1, 0.15) is 25.7 Å². The minimum atomic E-state index is 0.401. The third-order valence-electron chi connectivity index (χ3n) is 3.59. The third-order valence-corrected chi connectivity index (χ3v) is 5.36. The normalized spacial score (nSPS) is 24.0. The highest BCUT2D eigenvalue weighted by Gasteiger charge is 2.24. The fraction of sp³-hybridized carbons (Fsp3) is 0.538. The van der Waals surface area contributed by atoms with Crippen LogP contribution < -0.4 is 11.1 Å². The first-order chi connectivity index (χ1) is 8.63. The molecule has 1 aromatic carbocycles. The maximum Gasteiger partial charge on any atom is 0.0835 e. The first kappa shape index (κ1) is 14.4. The summed E-state index contributed by atoms with van der Waals surface area (Å²) in [5.41, 5.74) is 6.73. The molecular weight excluding hydrogens is 335 g/mol. The van der Waals surface area contributed by atoms with Crippen LogP contribution >= 0.6 is 39.1 Å². The van der Waals surface area contributed by atoms with E-state index in [0.29, 0.717) is 22.0 Å². The number of halogens is 3. The molecule has 0 aromatic heterocycles. The van der Waals surface area contributed by atoms with Crippen molar-refractivity contribution in [3.63, 3.8) is 0 Å². The average molecular weight is 352 g/mol. The Balaban J connectivity index is 2.15. The molecule has 5 heteroatoms. The van der Waals surface area contributed by atoms with Gasteiger partial charge in [-0.3, -0.25) is 0 Å². The molecule has 100 valence electrons. The van der Waals surface area contributed by atoms with Crippen LogP contribution in [0.5, 0.6) is 0 Å². The zero-order chi connectivity index (χ0) is 13.1. The van der Waals surface area contributed by atoms with E-state index in [9.17, 15) is 0 Å². The van der Waals surface area contributed by atoms with Crippen molar-refractivity contribution in [1.82, 2.24) is 0 Å². The van der Waals surface area contributed by atoms with Crippen molar-refractivity contribution in [3.05, 3.63) is 26.7 Å². The van der Waals surface area contributed by atoms with Gasteiger partial charge < -0.3 is 11.1 Å². The molecule has 2 unspecified atom stereocenters. The van der Waals surface area contributed by atoms with E-state index in [1.807, 2.05) is 12.1 Å². The van der Waals surface area contributed by atoms with Crippen LogP contribution in [0.3, 0.4) is 0 Å². The monoisotopic (exact) mass is 350 g/mol.